The summed E-state index contributed by atoms with van der Waals surface area (Å²) < 4.78 is 9.99. The summed E-state index contributed by atoms with van der Waals surface area (Å²) in [4.78, 5) is 37.5. The number of hydrogen-bond donors (Lipinski definition) is 1. The van der Waals surface area contributed by atoms with Gasteiger partial charge in [0.05, 0.1) is 12.7 Å². The van der Waals surface area contributed by atoms with Crippen molar-refractivity contribution in [1.82, 2.24) is 10.2 Å². The molecule has 138 valence electrons. The molecule has 0 aliphatic heterocycles. The van der Waals surface area contributed by atoms with Gasteiger partial charge in [0.2, 0.25) is 0 Å². The van der Waals surface area contributed by atoms with Crippen LogP contribution in [0.1, 0.15) is 56.0 Å². The number of nitrogens with zero attached hydrogens (tertiary/aromatic N) is 1. The van der Waals surface area contributed by atoms with E-state index in [1.165, 1.54) is 18.8 Å². The zero-order chi connectivity index (χ0) is 18.1. The second-order valence-corrected chi connectivity index (χ2v) is 6.12. The lowest BCUT2D eigenvalue weighted by molar-refractivity contribution is -0.153. The van der Waals surface area contributed by atoms with E-state index in [1.807, 2.05) is 11.8 Å². The van der Waals surface area contributed by atoms with Crippen LogP contribution < -0.4 is 5.32 Å². The predicted molar refractivity (Wildman–Crippen MR) is 90.9 cm³/mol. The first-order valence-electron chi connectivity index (χ1n) is 8.88. The summed E-state index contributed by atoms with van der Waals surface area (Å²) >= 11 is 0. The van der Waals surface area contributed by atoms with Crippen molar-refractivity contribution in [3.8, 4) is 0 Å². The highest BCUT2D eigenvalue weighted by Gasteiger charge is 2.24. The summed E-state index contributed by atoms with van der Waals surface area (Å²) in [7, 11) is 0. The normalized spacial score (nSPS) is 14.8. The van der Waals surface area contributed by atoms with Gasteiger partial charge in [-0.15, -0.1) is 0 Å². The molecule has 1 fully saturated rings. The molecule has 0 radical (unpaired) electrons. The molecule has 0 atom stereocenters. The predicted octanol–water partition coefficient (Wildman–Crippen LogP) is 2.12. The summed E-state index contributed by atoms with van der Waals surface area (Å²) in [6.45, 7) is 2.46. The van der Waals surface area contributed by atoms with Crippen LogP contribution in [0, 0.1) is 0 Å². The van der Waals surface area contributed by atoms with Gasteiger partial charge in [-0.2, -0.15) is 0 Å². The Morgan fingerprint density at radius 1 is 1.28 bits per heavy atom. The fourth-order valence-electron chi connectivity index (χ4n) is 3.10. The highest BCUT2D eigenvalue weighted by molar-refractivity contribution is 5.91. The van der Waals surface area contributed by atoms with Crippen molar-refractivity contribution in [2.45, 2.75) is 51.5 Å². The van der Waals surface area contributed by atoms with Crippen molar-refractivity contribution in [2.24, 2.45) is 0 Å². The second kappa shape index (κ2) is 9.86. The third-order valence-electron chi connectivity index (χ3n) is 4.39. The van der Waals surface area contributed by atoms with Crippen LogP contribution in [0.5, 0.6) is 0 Å². The van der Waals surface area contributed by atoms with Crippen LogP contribution in [0.15, 0.2) is 22.8 Å². The highest BCUT2D eigenvalue weighted by Crippen LogP contribution is 2.22. The Labute approximate surface area is 147 Å². The van der Waals surface area contributed by atoms with Gasteiger partial charge in [0.1, 0.15) is 0 Å². The van der Waals surface area contributed by atoms with E-state index in [0.29, 0.717) is 6.54 Å². The molecular formula is C18H26N2O5. The Morgan fingerprint density at radius 3 is 2.68 bits per heavy atom. The molecule has 2 amide bonds. The number of carbonyl (C=O) groups excluding carboxylic acids is 3. The van der Waals surface area contributed by atoms with Crippen LogP contribution in [0.4, 0.5) is 0 Å². The first-order valence-corrected chi connectivity index (χ1v) is 8.88. The summed E-state index contributed by atoms with van der Waals surface area (Å²) in [5.41, 5.74) is 0. The van der Waals surface area contributed by atoms with E-state index in [4.69, 9.17) is 9.15 Å². The SMILES string of the molecule is CCN(C(=O)COC(=O)CCNC(=O)c1ccco1)C1CCCCC1. The molecule has 1 heterocycles. The molecule has 0 bridgehead atoms. The fourth-order valence-corrected chi connectivity index (χ4v) is 3.10. The van der Waals surface area contributed by atoms with Gasteiger partial charge in [0, 0.05) is 19.1 Å². The van der Waals surface area contributed by atoms with E-state index in [1.54, 1.807) is 6.07 Å². The van der Waals surface area contributed by atoms with Gasteiger partial charge in [-0.25, -0.2) is 0 Å². The lowest BCUT2D eigenvalue weighted by atomic mass is 9.94. The molecule has 2 rings (SSSR count). The van der Waals surface area contributed by atoms with E-state index in [9.17, 15) is 14.4 Å². The molecule has 1 aliphatic carbocycles. The number of amides is 2. The van der Waals surface area contributed by atoms with Gasteiger partial charge in [0.15, 0.2) is 12.4 Å². The monoisotopic (exact) mass is 350 g/mol. The van der Waals surface area contributed by atoms with Gasteiger partial charge in [-0.1, -0.05) is 19.3 Å². The zero-order valence-electron chi connectivity index (χ0n) is 14.7. The van der Waals surface area contributed by atoms with Crippen molar-refractivity contribution < 1.29 is 23.5 Å². The summed E-state index contributed by atoms with van der Waals surface area (Å²) in [5, 5.41) is 2.56. The Balaban J connectivity index is 1.66. The molecule has 0 spiro atoms. The van der Waals surface area contributed by atoms with Crippen molar-refractivity contribution in [2.75, 3.05) is 19.7 Å². The maximum absolute atomic E-state index is 12.3. The number of hydrogen-bond acceptors (Lipinski definition) is 5. The number of likely N-dealkylation sites (N-methyl/N-ethyl adjacent to an activating group) is 1. The maximum Gasteiger partial charge on any atom is 0.308 e. The van der Waals surface area contributed by atoms with E-state index < -0.39 is 5.97 Å². The topological polar surface area (TPSA) is 88.9 Å². The van der Waals surface area contributed by atoms with Crippen LogP contribution in [0.25, 0.3) is 0 Å². The van der Waals surface area contributed by atoms with E-state index in [-0.39, 0.29) is 43.2 Å². The zero-order valence-corrected chi connectivity index (χ0v) is 14.7. The summed E-state index contributed by atoms with van der Waals surface area (Å²) in [5.74, 6) is -0.854. The Kier molecular flexibility index (Phi) is 7.50. The minimum absolute atomic E-state index is 0.00921. The average molecular weight is 350 g/mol. The second-order valence-electron chi connectivity index (χ2n) is 6.12. The number of nitrogens with one attached hydrogen (secondary N) is 1. The number of esters is 1. The van der Waals surface area contributed by atoms with Gasteiger partial charge in [-0.3, -0.25) is 14.4 Å². The van der Waals surface area contributed by atoms with Gasteiger partial charge >= 0.3 is 5.97 Å². The number of rotatable bonds is 8. The highest BCUT2D eigenvalue weighted by atomic mass is 16.5. The standard InChI is InChI=1S/C18H26N2O5/c1-2-20(14-7-4-3-5-8-14)16(21)13-25-17(22)10-11-19-18(23)15-9-6-12-24-15/h6,9,12,14H,2-5,7-8,10-11,13H2,1H3,(H,19,23). The Hall–Kier alpha value is -2.31. The van der Waals surface area contributed by atoms with Crippen LogP contribution in [-0.4, -0.2) is 48.4 Å². The van der Waals surface area contributed by atoms with E-state index in [2.05, 4.69) is 5.32 Å². The average Bonchev–Trinajstić information content (AvgIpc) is 3.16. The molecule has 0 unspecified atom stereocenters. The molecule has 0 saturated heterocycles. The lowest BCUT2D eigenvalue weighted by Crippen LogP contribution is -2.43. The van der Waals surface area contributed by atoms with Crippen molar-refractivity contribution >= 4 is 17.8 Å². The molecule has 1 aromatic rings. The lowest BCUT2D eigenvalue weighted by Gasteiger charge is -2.33. The van der Waals surface area contributed by atoms with Gasteiger partial charge < -0.3 is 19.4 Å². The molecule has 25 heavy (non-hydrogen) atoms. The van der Waals surface area contributed by atoms with Crippen LogP contribution in [0.2, 0.25) is 0 Å². The first-order chi connectivity index (χ1) is 12.1. The number of furan rings is 1. The van der Waals surface area contributed by atoms with Crippen molar-refractivity contribution in [1.29, 1.82) is 0 Å². The first kappa shape index (κ1) is 19.0. The van der Waals surface area contributed by atoms with Crippen molar-refractivity contribution in [3.05, 3.63) is 24.2 Å². The van der Waals surface area contributed by atoms with Gasteiger partial charge in [-0.05, 0) is 31.9 Å². The summed E-state index contributed by atoms with van der Waals surface area (Å²) in [6.07, 6.45) is 6.96. The van der Waals surface area contributed by atoms with Crippen LogP contribution in [-0.2, 0) is 14.3 Å². The van der Waals surface area contributed by atoms with Crippen molar-refractivity contribution in [3.63, 3.8) is 0 Å². The smallest absolute Gasteiger partial charge is 0.308 e. The number of ether oxygens (including phenoxy) is 1. The minimum Gasteiger partial charge on any atom is -0.459 e. The van der Waals surface area contributed by atoms with E-state index >= 15 is 0 Å². The third-order valence-corrected chi connectivity index (χ3v) is 4.39. The fraction of sp³-hybridized carbons (Fsp3) is 0.611. The largest absolute Gasteiger partial charge is 0.459 e. The molecule has 1 N–H and O–H groups in total. The minimum atomic E-state index is -0.507. The van der Waals surface area contributed by atoms with Crippen LogP contribution in [0.3, 0.4) is 0 Å². The molecule has 1 aliphatic rings. The van der Waals surface area contributed by atoms with Crippen LogP contribution >= 0.6 is 0 Å². The molecule has 1 aromatic heterocycles. The Morgan fingerprint density at radius 2 is 2.04 bits per heavy atom. The molecule has 0 aromatic carbocycles. The quantitative estimate of drug-likeness (QED) is 0.726. The van der Waals surface area contributed by atoms with E-state index in [0.717, 1.165) is 25.7 Å². The Bertz CT molecular complexity index is 564. The molecular weight excluding hydrogens is 324 g/mol. The third kappa shape index (κ3) is 5.92. The summed E-state index contributed by atoms with van der Waals surface area (Å²) in [6, 6.07) is 3.41. The molecule has 1 saturated carbocycles. The molecule has 7 heteroatoms. The molecule has 7 nitrogen and oxygen atoms in total. The maximum atomic E-state index is 12.3. The van der Waals surface area contributed by atoms with Gasteiger partial charge in [0.25, 0.3) is 11.8 Å². The number of carbonyl (C=O) groups is 3.